The third kappa shape index (κ3) is 3.20. The van der Waals surface area contributed by atoms with Crippen LogP contribution in [0.2, 0.25) is 5.15 Å². The maximum absolute atomic E-state index is 5.95. The smallest absolute Gasteiger partial charge is 0.152 e. The molecule has 1 N–H and O–H groups in total. The van der Waals surface area contributed by atoms with Crippen LogP contribution in [0.25, 0.3) is 0 Å². The van der Waals surface area contributed by atoms with Gasteiger partial charge in [-0.3, -0.25) is 4.68 Å². The van der Waals surface area contributed by atoms with Crippen molar-refractivity contribution >= 4 is 17.3 Å². The Morgan fingerprint density at radius 2 is 2.35 bits per heavy atom. The Morgan fingerprint density at radius 1 is 1.47 bits per heavy atom. The Hall–Kier alpha value is -1.55. The summed E-state index contributed by atoms with van der Waals surface area (Å²) in [6, 6.07) is 3.76. The van der Waals surface area contributed by atoms with Gasteiger partial charge in [-0.2, -0.15) is 5.10 Å². The number of hydrogen-bond acceptors (Lipinski definition) is 3. The molecule has 17 heavy (non-hydrogen) atoms. The molecule has 0 bridgehead atoms. The summed E-state index contributed by atoms with van der Waals surface area (Å²) < 4.78 is 1.95. The molecule has 2 heterocycles. The maximum Gasteiger partial charge on any atom is 0.152 e. The number of nitrogens with zero attached hydrogens (tertiary/aromatic N) is 3. The maximum atomic E-state index is 5.95. The van der Waals surface area contributed by atoms with Crippen molar-refractivity contribution in [1.82, 2.24) is 14.8 Å². The molecule has 2 aromatic rings. The fourth-order valence-corrected chi connectivity index (χ4v) is 1.75. The molecule has 0 aromatic carbocycles. The number of hydrogen-bond donors (Lipinski definition) is 1. The Bertz CT molecular complexity index is 481. The Morgan fingerprint density at radius 3 is 3.12 bits per heavy atom. The van der Waals surface area contributed by atoms with E-state index in [0.717, 1.165) is 24.2 Å². The first-order valence-corrected chi connectivity index (χ1v) is 6.03. The molecule has 4 nitrogen and oxygen atoms in total. The molecule has 0 radical (unpaired) electrons. The zero-order valence-electron chi connectivity index (χ0n) is 9.73. The quantitative estimate of drug-likeness (QED) is 0.830. The van der Waals surface area contributed by atoms with Gasteiger partial charge in [0.2, 0.25) is 0 Å². The lowest BCUT2D eigenvalue weighted by Gasteiger charge is -2.05. The third-order valence-electron chi connectivity index (χ3n) is 2.38. The van der Waals surface area contributed by atoms with E-state index in [1.165, 1.54) is 0 Å². The Labute approximate surface area is 106 Å². The van der Waals surface area contributed by atoms with Crippen LogP contribution in [0.3, 0.4) is 0 Å². The van der Waals surface area contributed by atoms with E-state index in [1.807, 2.05) is 29.2 Å². The highest BCUT2D eigenvalue weighted by Gasteiger charge is 2.01. The highest BCUT2D eigenvalue weighted by molar-refractivity contribution is 6.31. The van der Waals surface area contributed by atoms with Crippen LogP contribution >= 0.6 is 11.6 Å². The second kappa shape index (κ2) is 5.68. The van der Waals surface area contributed by atoms with Crippen LogP contribution in [0.4, 0.5) is 5.69 Å². The number of anilines is 1. The zero-order chi connectivity index (χ0) is 12.1. The minimum Gasteiger partial charge on any atom is -0.378 e. The molecule has 0 aliphatic heterocycles. The van der Waals surface area contributed by atoms with Crippen molar-refractivity contribution in [1.29, 1.82) is 0 Å². The summed E-state index contributed by atoms with van der Waals surface area (Å²) in [5, 5.41) is 8.00. The topological polar surface area (TPSA) is 42.7 Å². The highest BCUT2D eigenvalue weighted by Crippen LogP contribution is 2.18. The number of rotatable bonds is 5. The van der Waals surface area contributed by atoms with E-state index in [-0.39, 0.29) is 0 Å². The molecule has 90 valence electrons. The summed E-state index contributed by atoms with van der Waals surface area (Å²) in [6.45, 7) is 3.79. The Balaban J connectivity index is 1.95. The van der Waals surface area contributed by atoms with Gasteiger partial charge >= 0.3 is 0 Å². The van der Waals surface area contributed by atoms with Gasteiger partial charge in [-0.05, 0) is 18.6 Å². The molecule has 0 saturated carbocycles. The second-order valence-electron chi connectivity index (χ2n) is 3.81. The third-order valence-corrected chi connectivity index (χ3v) is 2.68. The lowest BCUT2D eigenvalue weighted by molar-refractivity contribution is 0.602. The monoisotopic (exact) mass is 250 g/mol. The van der Waals surface area contributed by atoms with Crippen LogP contribution in [-0.4, -0.2) is 14.8 Å². The number of halogens is 1. The van der Waals surface area contributed by atoms with Crippen molar-refractivity contribution in [2.24, 2.45) is 0 Å². The van der Waals surface area contributed by atoms with Gasteiger partial charge in [-0.1, -0.05) is 18.5 Å². The van der Waals surface area contributed by atoms with Crippen molar-refractivity contribution < 1.29 is 0 Å². The molecule has 0 fully saturated rings. The fourth-order valence-electron chi connectivity index (χ4n) is 1.56. The van der Waals surface area contributed by atoms with Gasteiger partial charge in [-0.15, -0.1) is 0 Å². The van der Waals surface area contributed by atoms with E-state index in [0.29, 0.717) is 11.7 Å². The largest absolute Gasteiger partial charge is 0.378 e. The number of aromatic nitrogens is 3. The van der Waals surface area contributed by atoms with Crippen molar-refractivity contribution in [2.45, 2.75) is 26.4 Å². The average Bonchev–Trinajstić information content (AvgIpc) is 2.76. The molecule has 2 aromatic heterocycles. The van der Waals surface area contributed by atoms with Gasteiger partial charge in [0.25, 0.3) is 0 Å². The van der Waals surface area contributed by atoms with Crippen LogP contribution in [-0.2, 0) is 13.1 Å². The molecule has 2 rings (SSSR count). The number of aryl methyl sites for hydroxylation is 1. The first-order chi connectivity index (χ1) is 8.29. The summed E-state index contributed by atoms with van der Waals surface area (Å²) >= 11 is 5.95. The van der Waals surface area contributed by atoms with Crippen molar-refractivity contribution in [3.63, 3.8) is 0 Å². The first-order valence-electron chi connectivity index (χ1n) is 5.65. The van der Waals surface area contributed by atoms with Crippen LogP contribution in [0, 0.1) is 0 Å². The van der Waals surface area contributed by atoms with Crippen LogP contribution < -0.4 is 5.32 Å². The molecule has 0 aliphatic carbocycles. The lowest BCUT2D eigenvalue weighted by Crippen LogP contribution is -2.00. The summed E-state index contributed by atoms with van der Waals surface area (Å²) in [5.41, 5.74) is 1.98. The first kappa shape index (κ1) is 11.9. The molecule has 5 heteroatoms. The standard InChI is InChI=1S/C12H15ClN4/c1-2-6-17-9-10(8-16-17)7-15-11-4-3-5-14-12(11)13/h3-5,8-9,15H,2,6-7H2,1H3. The predicted molar refractivity (Wildman–Crippen MR) is 69.1 cm³/mol. The molecule has 0 amide bonds. The molecule has 0 unspecified atom stereocenters. The minimum absolute atomic E-state index is 0.494. The SMILES string of the molecule is CCCn1cc(CNc2cccnc2Cl)cn1. The lowest BCUT2D eigenvalue weighted by atomic mass is 10.3. The van der Waals surface area contributed by atoms with Crippen LogP contribution in [0.15, 0.2) is 30.7 Å². The van der Waals surface area contributed by atoms with Gasteiger partial charge in [-0.25, -0.2) is 4.98 Å². The van der Waals surface area contributed by atoms with Gasteiger partial charge in [0.15, 0.2) is 5.15 Å². The zero-order valence-corrected chi connectivity index (χ0v) is 10.5. The van der Waals surface area contributed by atoms with E-state index < -0.39 is 0 Å². The summed E-state index contributed by atoms with van der Waals surface area (Å²) in [7, 11) is 0. The van der Waals surface area contributed by atoms with Gasteiger partial charge < -0.3 is 5.32 Å². The fraction of sp³-hybridized carbons (Fsp3) is 0.333. The van der Waals surface area contributed by atoms with Gasteiger partial charge in [0.1, 0.15) is 0 Å². The van der Waals surface area contributed by atoms with Gasteiger partial charge in [0, 0.05) is 31.0 Å². The molecular weight excluding hydrogens is 236 g/mol. The van der Waals surface area contributed by atoms with Crippen molar-refractivity contribution in [2.75, 3.05) is 5.32 Å². The van der Waals surface area contributed by atoms with E-state index in [4.69, 9.17) is 11.6 Å². The number of pyridine rings is 1. The summed E-state index contributed by atoms with van der Waals surface area (Å²) in [6.07, 6.45) is 6.67. The van der Waals surface area contributed by atoms with Crippen molar-refractivity contribution in [3.05, 3.63) is 41.4 Å². The minimum atomic E-state index is 0.494. The molecule has 0 atom stereocenters. The normalized spacial score (nSPS) is 10.5. The van der Waals surface area contributed by atoms with E-state index in [1.54, 1.807) is 6.20 Å². The van der Waals surface area contributed by atoms with Crippen molar-refractivity contribution in [3.8, 4) is 0 Å². The van der Waals surface area contributed by atoms with Crippen LogP contribution in [0.5, 0.6) is 0 Å². The van der Waals surface area contributed by atoms with E-state index in [2.05, 4.69) is 22.3 Å². The highest BCUT2D eigenvalue weighted by atomic mass is 35.5. The Kier molecular flexibility index (Phi) is 3.98. The van der Waals surface area contributed by atoms with Gasteiger partial charge in [0.05, 0.1) is 11.9 Å². The summed E-state index contributed by atoms with van der Waals surface area (Å²) in [4.78, 5) is 4.01. The summed E-state index contributed by atoms with van der Waals surface area (Å²) in [5.74, 6) is 0. The molecular formula is C12H15ClN4. The predicted octanol–water partition coefficient (Wildman–Crippen LogP) is 2.95. The van der Waals surface area contributed by atoms with E-state index in [9.17, 15) is 0 Å². The average molecular weight is 251 g/mol. The molecule has 0 spiro atoms. The van der Waals surface area contributed by atoms with Crippen LogP contribution in [0.1, 0.15) is 18.9 Å². The van der Waals surface area contributed by atoms with E-state index >= 15 is 0 Å². The molecule has 0 aliphatic rings. The number of nitrogens with one attached hydrogen (secondary N) is 1. The molecule has 0 saturated heterocycles. The second-order valence-corrected chi connectivity index (χ2v) is 4.16.